The molecule has 16 heavy (non-hydrogen) atoms. The molecule has 0 radical (unpaired) electrons. The standard InChI is InChI=1S/C13H15BrClN/c14-13-6-9(15)1-4-11(13)12-5-8(12)7-16-10-2-3-10/h1,4,6,8,10,12,16H,2-3,5,7H2. The van der Waals surface area contributed by atoms with E-state index in [1.165, 1.54) is 35.8 Å². The van der Waals surface area contributed by atoms with Gasteiger partial charge in [0.05, 0.1) is 0 Å². The highest BCUT2D eigenvalue weighted by Gasteiger charge is 2.39. The van der Waals surface area contributed by atoms with Gasteiger partial charge in [-0.15, -0.1) is 0 Å². The molecule has 2 aliphatic rings. The fourth-order valence-electron chi connectivity index (χ4n) is 2.26. The van der Waals surface area contributed by atoms with E-state index in [4.69, 9.17) is 11.6 Å². The monoisotopic (exact) mass is 299 g/mol. The Morgan fingerprint density at radius 3 is 2.88 bits per heavy atom. The van der Waals surface area contributed by atoms with Crippen LogP contribution in [0.1, 0.15) is 30.7 Å². The Morgan fingerprint density at radius 1 is 1.38 bits per heavy atom. The minimum absolute atomic E-state index is 0.734. The summed E-state index contributed by atoms with van der Waals surface area (Å²) in [5.74, 6) is 1.57. The van der Waals surface area contributed by atoms with Crippen molar-refractivity contribution in [3.05, 3.63) is 33.3 Å². The molecule has 0 aromatic heterocycles. The number of halogens is 2. The largest absolute Gasteiger partial charge is 0.314 e. The zero-order chi connectivity index (χ0) is 11.1. The fourth-order valence-corrected chi connectivity index (χ4v) is 3.24. The molecule has 3 heteroatoms. The Kier molecular flexibility index (Phi) is 2.99. The van der Waals surface area contributed by atoms with Gasteiger partial charge < -0.3 is 5.32 Å². The first kappa shape index (κ1) is 11.1. The van der Waals surface area contributed by atoms with Gasteiger partial charge in [-0.25, -0.2) is 0 Å². The summed E-state index contributed by atoms with van der Waals surface area (Å²) in [6, 6.07) is 6.98. The molecule has 0 bridgehead atoms. The number of hydrogen-bond acceptors (Lipinski definition) is 1. The Bertz CT molecular complexity index is 403. The normalized spacial score (nSPS) is 28.1. The van der Waals surface area contributed by atoms with Crippen molar-refractivity contribution in [2.45, 2.75) is 31.2 Å². The van der Waals surface area contributed by atoms with Gasteiger partial charge in [0.25, 0.3) is 0 Å². The number of benzene rings is 1. The molecule has 2 atom stereocenters. The summed E-state index contributed by atoms with van der Waals surface area (Å²) in [6.45, 7) is 1.18. The van der Waals surface area contributed by atoms with Crippen LogP contribution in [0.2, 0.25) is 5.02 Å². The lowest BCUT2D eigenvalue weighted by molar-refractivity contribution is 0.623. The molecular weight excluding hydrogens is 286 g/mol. The fraction of sp³-hybridized carbons (Fsp3) is 0.538. The van der Waals surface area contributed by atoms with Crippen molar-refractivity contribution < 1.29 is 0 Å². The van der Waals surface area contributed by atoms with Crippen molar-refractivity contribution in [1.29, 1.82) is 0 Å². The second-order valence-corrected chi connectivity index (χ2v) is 6.24. The van der Waals surface area contributed by atoms with Crippen molar-refractivity contribution in [2.75, 3.05) is 6.54 Å². The van der Waals surface area contributed by atoms with Gasteiger partial charge in [-0.05, 0) is 55.3 Å². The first-order valence-electron chi connectivity index (χ1n) is 5.92. The first-order valence-corrected chi connectivity index (χ1v) is 7.09. The van der Waals surface area contributed by atoms with Gasteiger partial charge in [-0.3, -0.25) is 0 Å². The molecule has 1 aromatic rings. The maximum Gasteiger partial charge on any atom is 0.0417 e. The highest BCUT2D eigenvalue weighted by Crippen LogP contribution is 2.49. The van der Waals surface area contributed by atoms with Crippen molar-refractivity contribution in [1.82, 2.24) is 5.32 Å². The zero-order valence-corrected chi connectivity index (χ0v) is 11.4. The molecule has 0 spiro atoms. The van der Waals surface area contributed by atoms with Crippen LogP contribution in [0, 0.1) is 5.92 Å². The van der Waals surface area contributed by atoms with E-state index in [0.717, 1.165) is 22.9 Å². The number of rotatable bonds is 4. The lowest BCUT2D eigenvalue weighted by Crippen LogP contribution is -2.19. The van der Waals surface area contributed by atoms with E-state index in [2.05, 4.69) is 27.3 Å². The summed E-state index contributed by atoms with van der Waals surface area (Å²) in [7, 11) is 0. The van der Waals surface area contributed by atoms with Gasteiger partial charge in [0.1, 0.15) is 0 Å². The summed E-state index contributed by atoms with van der Waals surface area (Å²) in [4.78, 5) is 0. The van der Waals surface area contributed by atoms with Crippen LogP contribution in [-0.2, 0) is 0 Å². The third-order valence-corrected chi connectivity index (χ3v) is 4.45. The second-order valence-electron chi connectivity index (χ2n) is 4.95. The van der Waals surface area contributed by atoms with Gasteiger partial charge in [0.2, 0.25) is 0 Å². The van der Waals surface area contributed by atoms with Crippen LogP contribution in [0.15, 0.2) is 22.7 Å². The predicted molar refractivity (Wildman–Crippen MR) is 71.0 cm³/mol. The average Bonchev–Trinajstić information content (AvgIpc) is 3.11. The summed E-state index contributed by atoms with van der Waals surface area (Å²) >= 11 is 9.55. The highest BCUT2D eigenvalue weighted by molar-refractivity contribution is 9.10. The van der Waals surface area contributed by atoms with Crippen LogP contribution in [-0.4, -0.2) is 12.6 Å². The summed E-state index contributed by atoms with van der Waals surface area (Å²) in [5.41, 5.74) is 1.42. The van der Waals surface area contributed by atoms with E-state index in [1.54, 1.807) is 0 Å². The third-order valence-electron chi connectivity index (χ3n) is 3.53. The van der Waals surface area contributed by atoms with Crippen molar-refractivity contribution >= 4 is 27.5 Å². The van der Waals surface area contributed by atoms with Crippen molar-refractivity contribution in [3.8, 4) is 0 Å². The Hall–Kier alpha value is -0.0500. The lowest BCUT2D eigenvalue weighted by Gasteiger charge is -2.05. The Labute approximate surface area is 110 Å². The molecular formula is C13H15BrClN. The average molecular weight is 301 g/mol. The summed E-state index contributed by atoms with van der Waals surface area (Å²) in [5, 5.41) is 4.42. The molecule has 0 aliphatic heterocycles. The topological polar surface area (TPSA) is 12.0 Å². The summed E-state index contributed by atoms with van der Waals surface area (Å²) in [6.07, 6.45) is 4.07. The number of hydrogen-bond donors (Lipinski definition) is 1. The second kappa shape index (κ2) is 4.32. The molecule has 1 aromatic carbocycles. The molecule has 0 heterocycles. The quantitative estimate of drug-likeness (QED) is 0.887. The first-order chi connectivity index (χ1) is 7.74. The van der Waals surface area contributed by atoms with Crippen LogP contribution in [0.5, 0.6) is 0 Å². The minimum atomic E-state index is 0.734. The smallest absolute Gasteiger partial charge is 0.0417 e. The minimum Gasteiger partial charge on any atom is -0.314 e. The maximum absolute atomic E-state index is 5.95. The van der Waals surface area contributed by atoms with E-state index >= 15 is 0 Å². The molecule has 3 rings (SSSR count). The molecule has 1 N–H and O–H groups in total. The van der Waals surface area contributed by atoms with Crippen LogP contribution >= 0.6 is 27.5 Å². The van der Waals surface area contributed by atoms with Gasteiger partial charge in [-0.1, -0.05) is 33.6 Å². The lowest BCUT2D eigenvalue weighted by atomic mass is 10.1. The Morgan fingerprint density at radius 2 is 2.19 bits per heavy atom. The number of nitrogens with one attached hydrogen (secondary N) is 1. The highest BCUT2D eigenvalue weighted by atomic mass is 79.9. The maximum atomic E-state index is 5.95. The zero-order valence-electron chi connectivity index (χ0n) is 9.05. The van der Waals surface area contributed by atoms with E-state index < -0.39 is 0 Å². The van der Waals surface area contributed by atoms with Crippen LogP contribution in [0.4, 0.5) is 0 Å². The molecule has 0 saturated heterocycles. The van der Waals surface area contributed by atoms with E-state index in [0.29, 0.717) is 0 Å². The van der Waals surface area contributed by atoms with Gasteiger partial charge in [0.15, 0.2) is 0 Å². The van der Waals surface area contributed by atoms with Gasteiger partial charge in [0, 0.05) is 15.5 Å². The van der Waals surface area contributed by atoms with E-state index in [-0.39, 0.29) is 0 Å². The van der Waals surface area contributed by atoms with Crippen LogP contribution in [0.25, 0.3) is 0 Å². The third kappa shape index (κ3) is 2.44. The molecule has 0 amide bonds. The van der Waals surface area contributed by atoms with Crippen molar-refractivity contribution in [2.24, 2.45) is 5.92 Å². The predicted octanol–water partition coefficient (Wildman–Crippen LogP) is 3.96. The molecule has 2 fully saturated rings. The van der Waals surface area contributed by atoms with Crippen LogP contribution in [0.3, 0.4) is 0 Å². The van der Waals surface area contributed by atoms with Gasteiger partial charge in [-0.2, -0.15) is 0 Å². The van der Waals surface area contributed by atoms with Crippen molar-refractivity contribution in [3.63, 3.8) is 0 Å². The molecule has 2 unspecified atom stereocenters. The SMILES string of the molecule is Clc1ccc(C2CC2CNC2CC2)c(Br)c1. The summed E-state index contributed by atoms with van der Waals surface area (Å²) < 4.78 is 1.17. The van der Waals surface area contributed by atoms with Crippen LogP contribution < -0.4 is 5.32 Å². The van der Waals surface area contributed by atoms with Gasteiger partial charge >= 0.3 is 0 Å². The van der Waals surface area contributed by atoms with E-state index in [1.807, 2.05) is 12.1 Å². The molecule has 86 valence electrons. The molecule has 2 saturated carbocycles. The molecule has 2 aliphatic carbocycles. The Balaban J connectivity index is 1.61. The molecule has 1 nitrogen and oxygen atoms in total. The van der Waals surface area contributed by atoms with E-state index in [9.17, 15) is 0 Å².